The highest BCUT2D eigenvalue weighted by molar-refractivity contribution is 7.94. The van der Waals surface area contributed by atoms with Crippen molar-refractivity contribution in [2.24, 2.45) is 0 Å². The predicted octanol–water partition coefficient (Wildman–Crippen LogP) is 2.88. The number of nitrogens with two attached hydrogens (primary N) is 1. The average Bonchev–Trinajstić information content (AvgIpc) is 2.68. The van der Waals surface area contributed by atoms with Crippen molar-refractivity contribution in [1.82, 2.24) is 9.97 Å². The van der Waals surface area contributed by atoms with Crippen LogP contribution in [0.2, 0.25) is 0 Å². The highest BCUT2D eigenvalue weighted by atomic mass is 32.2. The van der Waals surface area contributed by atoms with Crippen molar-refractivity contribution in [3.63, 3.8) is 0 Å². The second-order valence-corrected chi connectivity index (χ2v) is 7.38. The molecule has 7 nitrogen and oxygen atoms in total. The first kappa shape index (κ1) is 16.9. The molecule has 27 heavy (non-hydrogen) atoms. The van der Waals surface area contributed by atoms with E-state index in [2.05, 4.69) is 14.7 Å². The van der Waals surface area contributed by atoms with Gasteiger partial charge in [0.05, 0.1) is 17.3 Å². The molecule has 134 valence electrons. The zero-order valence-corrected chi connectivity index (χ0v) is 14.9. The normalized spacial score (nSPS) is 11.4. The first-order valence-corrected chi connectivity index (χ1v) is 9.54. The van der Waals surface area contributed by atoms with Crippen molar-refractivity contribution in [2.45, 2.75) is 4.90 Å². The molecule has 2 heterocycles. The summed E-state index contributed by atoms with van der Waals surface area (Å²) in [5.74, 6) is 0.343. The van der Waals surface area contributed by atoms with Crippen LogP contribution >= 0.6 is 0 Å². The molecule has 2 N–H and O–H groups in total. The predicted molar refractivity (Wildman–Crippen MR) is 102 cm³/mol. The number of pyridine rings is 1. The van der Waals surface area contributed by atoms with Gasteiger partial charge in [0, 0.05) is 17.0 Å². The Morgan fingerprint density at radius 3 is 2.11 bits per heavy atom. The number of hydrogen-bond acceptors (Lipinski definition) is 5. The minimum Gasteiger partial charge on any atom is -0.425 e. The molecule has 2 aromatic carbocycles. The summed E-state index contributed by atoms with van der Waals surface area (Å²) in [7, 11) is -3.98. The third-order valence-corrected chi connectivity index (χ3v) is 5.16. The van der Waals surface area contributed by atoms with E-state index in [9.17, 15) is 8.42 Å². The number of fused-ring (bicyclic) bond motifs is 1. The Balaban J connectivity index is 1.86. The van der Waals surface area contributed by atoms with Gasteiger partial charge in [-0.05, 0) is 47.4 Å². The number of benzene rings is 2. The Kier molecular flexibility index (Phi) is 4.17. The van der Waals surface area contributed by atoms with Crippen LogP contribution < -0.4 is 10.3 Å². The van der Waals surface area contributed by atoms with Crippen LogP contribution in [-0.4, -0.2) is 18.4 Å². The van der Waals surface area contributed by atoms with Crippen molar-refractivity contribution < 1.29 is 13.0 Å². The summed E-state index contributed by atoms with van der Waals surface area (Å²) < 4.78 is 31.1. The lowest BCUT2D eigenvalue weighted by Gasteiger charge is -2.16. The molecule has 0 fully saturated rings. The van der Waals surface area contributed by atoms with Crippen LogP contribution in [-0.2, 0) is 10.0 Å². The number of nitrogen functional groups attached to an aromatic ring is 1. The quantitative estimate of drug-likeness (QED) is 0.435. The van der Waals surface area contributed by atoms with E-state index in [0.717, 1.165) is 0 Å². The van der Waals surface area contributed by atoms with Crippen LogP contribution in [0.1, 0.15) is 0 Å². The van der Waals surface area contributed by atoms with Crippen molar-refractivity contribution >= 4 is 32.6 Å². The number of hydrogen-bond donors (Lipinski definition) is 1. The Labute approximate surface area is 156 Å². The Morgan fingerprint density at radius 1 is 0.815 bits per heavy atom. The maximum Gasteiger partial charge on any atom is 0.327 e. The molecule has 0 aliphatic heterocycles. The summed E-state index contributed by atoms with van der Waals surface area (Å²) in [5, 5.41) is 0. The third-order valence-electron chi connectivity index (χ3n) is 3.88. The van der Waals surface area contributed by atoms with Gasteiger partial charge >= 0.3 is 5.82 Å². The second kappa shape index (κ2) is 6.65. The number of sulfonamides is 1. The minimum absolute atomic E-state index is 0.0155. The van der Waals surface area contributed by atoms with E-state index in [4.69, 9.17) is 5.73 Å². The van der Waals surface area contributed by atoms with E-state index in [1.54, 1.807) is 23.0 Å². The molecule has 0 aliphatic carbocycles. The molecular weight excluding hydrogens is 362 g/mol. The third kappa shape index (κ3) is 3.42. The van der Waals surface area contributed by atoms with Crippen molar-refractivity contribution in [2.75, 3.05) is 5.73 Å². The maximum atomic E-state index is 12.7. The van der Waals surface area contributed by atoms with Crippen LogP contribution in [0.5, 0.6) is 0 Å². The van der Waals surface area contributed by atoms with Crippen LogP contribution in [0.15, 0.2) is 84.0 Å². The molecule has 0 bridgehead atoms. The van der Waals surface area contributed by atoms with Gasteiger partial charge in [-0.15, -0.1) is 0 Å². The van der Waals surface area contributed by atoms with Gasteiger partial charge in [0.15, 0.2) is 5.52 Å². The Bertz CT molecular complexity index is 1210. The lowest BCUT2D eigenvalue weighted by molar-refractivity contribution is -0.598. The van der Waals surface area contributed by atoms with Crippen LogP contribution in [0.25, 0.3) is 21.6 Å². The van der Waals surface area contributed by atoms with E-state index >= 15 is 0 Å². The topological polar surface area (TPSA) is 104 Å². The molecule has 0 spiro atoms. The smallest absolute Gasteiger partial charge is 0.327 e. The summed E-state index contributed by atoms with van der Waals surface area (Å²) in [5.41, 5.74) is 7.31. The monoisotopic (exact) mass is 377 g/mol. The van der Waals surface area contributed by atoms with Crippen LogP contribution in [0, 0.1) is 0 Å². The molecule has 0 aliphatic rings. The fraction of sp³-hybridized carbons (Fsp3) is 0. The molecule has 0 saturated carbocycles. The van der Waals surface area contributed by atoms with Gasteiger partial charge in [-0.3, -0.25) is 0 Å². The summed E-state index contributed by atoms with van der Waals surface area (Å²) >= 11 is 0. The van der Waals surface area contributed by atoms with Gasteiger partial charge in [0.1, 0.15) is 0 Å². The molecule has 2 aromatic heterocycles. The van der Waals surface area contributed by atoms with E-state index in [1.807, 2.05) is 36.4 Å². The molecule has 0 unspecified atom stereocenters. The summed E-state index contributed by atoms with van der Waals surface area (Å²) in [6.45, 7) is 0. The van der Waals surface area contributed by atoms with E-state index in [-0.39, 0.29) is 10.7 Å². The number of para-hydroxylation sites is 2. The summed E-state index contributed by atoms with van der Waals surface area (Å²) in [6.07, 6.45) is 3.52. The molecule has 4 aromatic rings. The van der Waals surface area contributed by atoms with Crippen molar-refractivity contribution in [3.05, 3.63) is 83.8 Å². The SMILES string of the molecule is Nc1ccc(S(=O)(=O)[N-]c2nc3ccccc3nc2-[n+]2ccccc2)cc1. The van der Waals surface area contributed by atoms with Crippen LogP contribution in [0.3, 0.4) is 0 Å². The highest BCUT2D eigenvalue weighted by Crippen LogP contribution is 2.30. The zero-order valence-electron chi connectivity index (χ0n) is 14.1. The summed E-state index contributed by atoms with van der Waals surface area (Å²) in [4.78, 5) is 9.02. The van der Waals surface area contributed by atoms with Gasteiger partial charge < -0.3 is 15.4 Å². The molecule has 8 heteroatoms. The minimum atomic E-state index is -3.98. The first-order valence-electron chi connectivity index (χ1n) is 8.10. The molecule has 0 amide bonds. The van der Waals surface area contributed by atoms with Crippen LogP contribution in [0.4, 0.5) is 11.5 Å². The Hall–Kier alpha value is -3.52. The average molecular weight is 377 g/mol. The molecule has 4 rings (SSSR count). The van der Waals surface area contributed by atoms with Gasteiger partial charge in [-0.2, -0.15) is 0 Å². The van der Waals surface area contributed by atoms with E-state index < -0.39 is 10.0 Å². The standard InChI is InChI=1S/C19H15N5O2S/c20-14-8-10-15(11-9-14)27(25,26)23-18-19(24-12-4-1-5-13-24)22-17-7-3-2-6-16(17)21-18/h1-13H,20H2. The lowest BCUT2D eigenvalue weighted by atomic mass is 10.3. The first-order chi connectivity index (χ1) is 13.0. The van der Waals surface area contributed by atoms with Crippen molar-refractivity contribution in [3.8, 4) is 5.82 Å². The lowest BCUT2D eigenvalue weighted by Crippen LogP contribution is -2.31. The van der Waals surface area contributed by atoms with Crippen molar-refractivity contribution in [1.29, 1.82) is 0 Å². The molecule has 0 atom stereocenters. The van der Waals surface area contributed by atoms with Gasteiger partial charge in [-0.1, -0.05) is 24.3 Å². The van der Waals surface area contributed by atoms with E-state index in [1.165, 1.54) is 24.3 Å². The summed E-state index contributed by atoms with van der Waals surface area (Å²) in [6, 6.07) is 18.6. The largest absolute Gasteiger partial charge is 0.425 e. The molecule has 0 radical (unpaired) electrons. The fourth-order valence-corrected chi connectivity index (χ4v) is 3.50. The zero-order chi connectivity index (χ0) is 18.9. The Morgan fingerprint density at radius 2 is 1.44 bits per heavy atom. The van der Waals surface area contributed by atoms with Gasteiger partial charge in [0.2, 0.25) is 10.0 Å². The number of nitrogens with zero attached hydrogens (tertiary/aromatic N) is 4. The van der Waals surface area contributed by atoms with Gasteiger partial charge in [0.25, 0.3) is 0 Å². The number of anilines is 1. The number of rotatable bonds is 4. The van der Waals surface area contributed by atoms with E-state index in [0.29, 0.717) is 22.5 Å². The number of aromatic nitrogens is 3. The van der Waals surface area contributed by atoms with Gasteiger partial charge in [-0.25, -0.2) is 13.0 Å². The fourth-order valence-electron chi connectivity index (χ4n) is 2.56. The highest BCUT2D eigenvalue weighted by Gasteiger charge is 2.17. The maximum absolute atomic E-state index is 12.7. The molecule has 0 saturated heterocycles. The second-order valence-electron chi connectivity index (χ2n) is 5.78. The molecular formula is C19H15N5O2S.